The molecule has 0 fully saturated rings. The molecule has 1 atom stereocenters. The minimum Gasteiger partial charge on any atom is -0.486 e. The van der Waals surface area contributed by atoms with Crippen molar-refractivity contribution in [3.05, 3.63) is 46.1 Å². The van der Waals surface area contributed by atoms with E-state index in [1.165, 1.54) is 6.08 Å². The van der Waals surface area contributed by atoms with Gasteiger partial charge in [0.25, 0.3) is 15.9 Å². The number of amidine groups is 1. The summed E-state index contributed by atoms with van der Waals surface area (Å²) in [7, 11) is -3.42. The molecule has 148 valence electrons. The number of nitrogens with zero attached hydrogens (tertiary/aromatic N) is 2. The van der Waals surface area contributed by atoms with Crippen molar-refractivity contribution in [1.29, 1.82) is 0 Å². The summed E-state index contributed by atoms with van der Waals surface area (Å²) >= 11 is 3.52. The van der Waals surface area contributed by atoms with Gasteiger partial charge in [-0.2, -0.15) is 0 Å². The maximum atomic E-state index is 12.7. The number of benzene rings is 1. The van der Waals surface area contributed by atoms with Gasteiger partial charge in [0.1, 0.15) is 19.0 Å². The molecule has 0 spiro atoms. The van der Waals surface area contributed by atoms with E-state index < -0.39 is 10.0 Å². The predicted molar refractivity (Wildman–Crippen MR) is 107 cm³/mol. The number of carbonyl (C=O) groups is 1. The zero-order chi connectivity index (χ0) is 19.9. The normalized spacial score (nSPS) is 20.6. The summed E-state index contributed by atoms with van der Waals surface area (Å²) in [5.74, 6) is 1.31. The van der Waals surface area contributed by atoms with E-state index in [9.17, 15) is 13.2 Å². The lowest BCUT2D eigenvalue weighted by molar-refractivity contribution is -0.117. The molecule has 1 aromatic rings. The Kier molecular flexibility index (Phi) is 4.92. The topological polar surface area (TPSA) is 97.3 Å². The number of fused-ring (bicyclic) bond motifs is 2. The fraction of sp³-hybridized carbons (Fsp3) is 0.333. The maximum absolute atomic E-state index is 12.7. The molecule has 0 bridgehead atoms. The minimum absolute atomic E-state index is 0.0731. The van der Waals surface area contributed by atoms with Gasteiger partial charge in [0.15, 0.2) is 11.5 Å². The van der Waals surface area contributed by atoms with E-state index in [1.807, 2.05) is 19.1 Å². The van der Waals surface area contributed by atoms with Gasteiger partial charge < -0.3 is 19.7 Å². The Labute approximate surface area is 171 Å². The molecule has 10 heteroatoms. The highest BCUT2D eigenvalue weighted by molar-refractivity contribution is 9.10. The Hall–Kier alpha value is -2.33. The second-order valence-electron chi connectivity index (χ2n) is 6.56. The van der Waals surface area contributed by atoms with Crippen LogP contribution in [-0.4, -0.2) is 50.6 Å². The van der Waals surface area contributed by atoms with Crippen LogP contribution >= 0.6 is 15.9 Å². The summed E-state index contributed by atoms with van der Waals surface area (Å²) in [4.78, 5) is 14.4. The average molecular weight is 468 g/mol. The molecule has 1 amide bonds. The lowest BCUT2D eigenvalue weighted by Gasteiger charge is -2.27. The monoisotopic (exact) mass is 467 g/mol. The fourth-order valence-corrected chi connectivity index (χ4v) is 4.74. The SMILES string of the molecule is CC(NC(=O)C1=CN2CCS(=O)(=O)N=C2C=C1)c1cc2c(cc1Br)OCCO2. The summed E-state index contributed by atoms with van der Waals surface area (Å²) in [5, 5.41) is 2.96. The Bertz CT molecular complexity index is 1030. The summed E-state index contributed by atoms with van der Waals surface area (Å²) in [6, 6.07) is 3.40. The standard InChI is InChI=1S/C18H18BrN3O5S/c1-11(13-8-15-16(9-14(13)19)27-6-5-26-15)20-18(23)12-2-3-17-21-28(24,25)7-4-22(17)10-12/h2-3,8-11H,4-7H2,1H3,(H,20,23). The van der Waals surface area contributed by atoms with E-state index in [-0.39, 0.29) is 24.2 Å². The summed E-state index contributed by atoms with van der Waals surface area (Å²) in [6.07, 6.45) is 4.72. The van der Waals surface area contributed by atoms with Crippen molar-refractivity contribution in [3.63, 3.8) is 0 Å². The molecule has 1 N–H and O–H groups in total. The molecule has 4 rings (SSSR count). The summed E-state index contributed by atoms with van der Waals surface area (Å²) < 4.78 is 38.9. The van der Waals surface area contributed by atoms with Gasteiger partial charge in [0, 0.05) is 17.2 Å². The second-order valence-corrected chi connectivity index (χ2v) is 9.17. The summed E-state index contributed by atoms with van der Waals surface area (Å²) in [5.41, 5.74) is 1.29. The van der Waals surface area contributed by atoms with Crippen LogP contribution in [0.2, 0.25) is 0 Å². The highest BCUT2D eigenvalue weighted by Gasteiger charge is 2.26. The number of ether oxygens (including phenoxy) is 2. The molecule has 0 saturated carbocycles. The van der Waals surface area contributed by atoms with E-state index in [0.29, 0.717) is 36.1 Å². The molecular weight excluding hydrogens is 450 g/mol. The van der Waals surface area contributed by atoms with Crippen molar-refractivity contribution in [1.82, 2.24) is 10.2 Å². The number of rotatable bonds is 3. The highest BCUT2D eigenvalue weighted by Crippen LogP contribution is 2.37. The minimum atomic E-state index is -3.42. The van der Waals surface area contributed by atoms with Crippen LogP contribution in [0.3, 0.4) is 0 Å². The Morgan fingerprint density at radius 3 is 2.71 bits per heavy atom. The van der Waals surface area contributed by atoms with Crippen molar-refractivity contribution in [2.45, 2.75) is 13.0 Å². The molecule has 28 heavy (non-hydrogen) atoms. The first kappa shape index (κ1) is 19.0. The molecule has 0 aliphatic carbocycles. The van der Waals surface area contributed by atoms with Gasteiger partial charge in [-0.25, -0.2) is 8.42 Å². The highest BCUT2D eigenvalue weighted by atomic mass is 79.9. The van der Waals surface area contributed by atoms with Crippen LogP contribution in [0, 0.1) is 0 Å². The lowest BCUT2D eigenvalue weighted by Crippen LogP contribution is -2.38. The van der Waals surface area contributed by atoms with Crippen molar-refractivity contribution < 1.29 is 22.7 Å². The number of nitrogens with one attached hydrogen (secondary N) is 1. The van der Waals surface area contributed by atoms with Gasteiger partial charge in [-0.05, 0) is 36.8 Å². The molecule has 0 radical (unpaired) electrons. The van der Waals surface area contributed by atoms with E-state index in [0.717, 1.165) is 10.0 Å². The smallest absolute Gasteiger partial charge is 0.256 e. The average Bonchev–Trinajstić information content (AvgIpc) is 2.66. The van der Waals surface area contributed by atoms with E-state index in [4.69, 9.17) is 9.47 Å². The zero-order valence-electron chi connectivity index (χ0n) is 15.0. The number of carbonyl (C=O) groups excluding carboxylic acids is 1. The molecule has 0 aromatic heterocycles. The molecule has 8 nitrogen and oxygen atoms in total. The van der Waals surface area contributed by atoms with Crippen LogP contribution < -0.4 is 14.8 Å². The number of hydrogen-bond donors (Lipinski definition) is 1. The molecule has 3 aliphatic rings. The Morgan fingerprint density at radius 2 is 1.96 bits per heavy atom. The first-order valence-corrected chi connectivity index (χ1v) is 11.1. The Morgan fingerprint density at radius 1 is 1.25 bits per heavy atom. The van der Waals surface area contributed by atoms with Crippen LogP contribution in [0.5, 0.6) is 11.5 Å². The number of halogens is 1. The van der Waals surface area contributed by atoms with E-state index in [1.54, 1.807) is 17.2 Å². The van der Waals surface area contributed by atoms with Crippen LogP contribution in [0.15, 0.2) is 44.9 Å². The third-order valence-electron chi connectivity index (χ3n) is 4.56. The Balaban J connectivity index is 1.50. The van der Waals surface area contributed by atoms with Crippen LogP contribution in [0.25, 0.3) is 0 Å². The first-order chi connectivity index (χ1) is 13.3. The third kappa shape index (κ3) is 3.79. The van der Waals surface area contributed by atoms with Gasteiger partial charge in [-0.3, -0.25) is 4.79 Å². The van der Waals surface area contributed by atoms with Gasteiger partial charge >= 0.3 is 0 Å². The van der Waals surface area contributed by atoms with Crippen molar-refractivity contribution in [2.24, 2.45) is 4.40 Å². The summed E-state index contributed by atoms with van der Waals surface area (Å²) in [6.45, 7) is 3.14. The van der Waals surface area contributed by atoms with Crippen LogP contribution in [0.4, 0.5) is 0 Å². The number of amides is 1. The maximum Gasteiger partial charge on any atom is 0.256 e. The van der Waals surface area contributed by atoms with Gasteiger partial charge in [-0.1, -0.05) is 15.9 Å². The van der Waals surface area contributed by atoms with Gasteiger partial charge in [-0.15, -0.1) is 4.40 Å². The molecule has 3 heterocycles. The van der Waals surface area contributed by atoms with Gasteiger partial charge in [0.2, 0.25) is 0 Å². The third-order valence-corrected chi connectivity index (χ3v) is 6.41. The largest absolute Gasteiger partial charge is 0.486 e. The lowest BCUT2D eigenvalue weighted by atomic mass is 10.1. The molecule has 1 aromatic carbocycles. The fourth-order valence-electron chi connectivity index (χ4n) is 3.10. The van der Waals surface area contributed by atoms with E-state index in [2.05, 4.69) is 25.6 Å². The first-order valence-electron chi connectivity index (χ1n) is 8.71. The number of hydrogen-bond acceptors (Lipinski definition) is 6. The second kappa shape index (κ2) is 7.25. The van der Waals surface area contributed by atoms with Crippen molar-refractivity contribution in [2.75, 3.05) is 25.5 Å². The zero-order valence-corrected chi connectivity index (χ0v) is 17.4. The van der Waals surface area contributed by atoms with E-state index >= 15 is 0 Å². The quantitative estimate of drug-likeness (QED) is 0.728. The van der Waals surface area contributed by atoms with Crippen LogP contribution in [-0.2, 0) is 14.8 Å². The van der Waals surface area contributed by atoms with Crippen LogP contribution in [0.1, 0.15) is 18.5 Å². The predicted octanol–water partition coefficient (Wildman–Crippen LogP) is 1.90. The van der Waals surface area contributed by atoms with Gasteiger partial charge in [0.05, 0.1) is 17.4 Å². The molecular formula is C18H18BrN3O5S. The number of sulfonamides is 1. The molecule has 3 aliphatic heterocycles. The van der Waals surface area contributed by atoms with Crippen molar-refractivity contribution in [3.8, 4) is 11.5 Å². The molecule has 1 unspecified atom stereocenters. The van der Waals surface area contributed by atoms with Crippen molar-refractivity contribution >= 4 is 37.7 Å². The molecule has 0 saturated heterocycles.